The lowest BCUT2D eigenvalue weighted by Crippen LogP contribution is -1.95. The second-order valence-corrected chi connectivity index (χ2v) is 9.50. The largest absolute Gasteiger partial charge is 0.355 e. The van der Waals surface area contributed by atoms with E-state index in [1.165, 1.54) is 49.7 Å². The van der Waals surface area contributed by atoms with Crippen LogP contribution in [0.15, 0.2) is 152 Å². The summed E-state index contributed by atoms with van der Waals surface area (Å²) in [6.07, 6.45) is 0. The molecular formula is C36H26N2. The molecule has 0 saturated carbocycles. The van der Waals surface area contributed by atoms with E-state index in [1.807, 2.05) is 0 Å². The quantitative estimate of drug-likeness (QED) is 0.256. The van der Waals surface area contributed by atoms with E-state index in [9.17, 15) is 0 Å². The van der Waals surface area contributed by atoms with Gasteiger partial charge in [-0.15, -0.1) is 0 Å². The molecule has 7 rings (SSSR count). The molecule has 0 saturated heterocycles. The molecule has 0 fully saturated rings. The predicted molar refractivity (Wildman–Crippen MR) is 161 cm³/mol. The summed E-state index contributed by atoms with van der Waals surface area (Å²) in [6, 6.07) is 53.7. The van der Waals surface area contributed by atoms with Crippen molar-refractivity contribution in [1.82, 2.24) is 4.57 Å². The molecule has 38 heavy (non-hydrogen) atoms. The zero-order chi connectivity index (χ0) is 25.3. The maximum Gasteiger partial charge on any atom is 0.0619 e. The van der Waals surface area contributed by atoms with E-state index in [1.54, 1.807) is 0 Å². The van der Waals surface area contributed by atoms with Gasteiger partial charge in [-0.3, -0.25) is 0 Å². The van der Waals surface area contributed by atoms with Crippen molar-refractivity contribution >= 4 is 33.2 Å². The number of hydrogen-bond donors (Lipinski definition) is 1. The van der Waals surface area contributed by atoms with Crippen molar-refractivity contribution < 1.29 is 0 Å². The van der Waals surface area contributed by atoms with Gasteiger partial charge in [0.25, 0.3) is 0 Å². The van der Waals surface area contributed by atoms with Crippen LogP contribution < -0.4 is 5.32 Å². The Hall–Kier alpha value is -5.08. The lowest BCUT2D eigenvalue weighted by Gasteiger charge is -2.14. The highest BCUT2D eigenvalue weighted by Crippen LogP contribution is 2.38. The summed E-state index contributed by atoms with van der Waals surface area (Å²) < 4.78 is 2.39. The van der Waals surface area contributed by atoms with Crippen molar-refractivity contribution in [2.24, 2.45) is 0 Å². The van der Waals surface area contributed by atoms with E-state index in [4.69, 9.17) is 0 Å². The van der Waals surface area contributed by atoms with Gasteiger partial charge in [-0.2, -0.15) is 0 Å². The van der Waals surface area contributed by atoms with Gasteiger partial charge < -0.3 is 9.88 Å². The predicted octanol–water partition coefficient (Wildman–Crippen LogP) is 9.86. The third kappa shape index (κ3) is 3.84. The molecule has 0 atom stereocenters. The molecule has 0 spiro atoms. The number of nitrogens with zero attached hydrogens (tertiary/aromatic N) is 1. The second kappa shape index (κ2) is 9.42. The van der Waals surface area contributed by atoms with Gasteiger partial charge in [0.15, 0.2) is 0 Å². The standard InChI is InChI=1S/C36H26N2/c1-3-12-26(13-4-1)30-16-7-9-20-34(30)37-28-24-22-27(23-25-28)31-18-11-19-33-32-17-8-10-21-35(32)38(36(31)33)29-14-5-2-6-15-29/h1-25,37H. The van der Waals surface area contributed by atoms with E-state index in [2.05, 4.69) is 162 Å². The lowest BCUT2D eigenvalue weighted by molar-refractivity contribution is 1.18. The van der Waals surface area contributed by atoms with Gasteiger partial charge >= 0.3 is 0 Å². The topological polar surface area (TPSA) is 17.0 Å². The number of fused-ring (bicyclic) bond motifs is 3. The Labute approximate surface area is 222 Å². The summed E-state index contributed by atoms with van der Waals surface area (Å²) in [5.74, 6) is 0. The van der Waals surface area contributed by atoms with E-state index in [0.29, 0.717) is 0 Å². The molecule has 6 aromatic carbocycles. The van der Waals surface area contributed by atoms with Crippen molar-refractivity contribution in [1.29, 1.82) is 0 Å². The van der Waals surface area contributed by atoms with Crippen LogP contribution >= 0.6 is 0 Å². The first-order valence-electron chi connectivity index (χ1n) is 13.0. The number of nitrogens with one attached hydrogen (secondary N) is 1. The summed E-state index contributed by atoms with van der Waals surface area (Å²) in [5, 5.41) is 6.17. The van der Waals surface area contributed by atoms with Crippen LogP contribution in [-0.2, 0) is 0 Å². The molecule has 0 radical (unpaired) electrons. The zero-order valence-corrected chi connectivity index (χ0v) is 20.9. The van der Waals surface area contributed by atoms with Gasteiger partial charge in [0.05, 0.1) is 11.0 Å². The normalized spacial score (nSPS) is 11.2. The highest BCUT2D eigenvalue weighted by Gasteiger charge is 2.16. The molecule has 0 aliphatic rings. The molecule has 1 aromatic heterocycles. The van der Waals surface area contributed by atoms with Crippen molar-refractivity contribution in [3.63, 3.8) is 0 Å². The van der Waals surface area contributed by atoms with Crippen LogP contribution in [0.3, 0.4) is 0 Å². The Morgan fingerprint density at radius 2 is 1.03 bits per heavy atom. The SMILES string of the molecule is c1ccc(-c2ccccc2Nc2ccc(-c3cccc4c5ccccc5n(-c5ccccc5)c34)cc2)cc1. The minimum absolute atomic E-state index is 1.06. The van der Waals surface area contributed by atoms with Gasteiger partial charge in [-0.05, 0) is 47.5 Å². The Kier molecular flexibility index (Phi) is 5.49. The first kappa shape index (κ1) is 22.1. The summed E-state index contributed by atoms with van der Waals surface area (Å²) in [4.78, 5) is 0. The third-order valence-corrected chi connectivity index (χ3v) is 7.20. The fourth-order valence-corrected chi connectivity index (χ4v) is 5.45. The zero-order valence-electron chi connectivity index (χ0n) is 20.9. The third-order valence-electron chi connectivity index (χ3n) is 7.20. The number of benzene rings is 6. The number of hydrogen-bond acceptors (Lipinski definition) is 1. The molecule has 7 aromatic rings. The van der Waals surface area contributed by atoms with Crippen LogP contribution in [0.5, 0.6) is 0 Å². The van der Waals surface area contributed by atoms with Crippen LogP contribution in [-0.4, -0.2) is 4.57 Å². The van der Waals surface area contributed by atoms with E-state index in [-0.39, 0.29) is 0 Å². The second-order valence-electron chi connectivity index (χ2n) is 9.50. The number of para-hydroxylation sites is 4. The first-order valence-corrected chi connectivity index (χ1v) is 13.0. The van der Waals surface area contributed by atoms with Crippen molar-refractivity contribution in [3.8, 4) is 27.9 Å². The minimum Gasteiger partial charge on any atom is -0.355 e. The average Bonchev–Trinajstić information content (AvgIpc) is 3.33. The Morgan fingerprint density at radius 1 is 0.421 bits per heavy atom. The highest BCUT2D eigenvalue weighted by molar-refractivity contribution is 6.13. The minimum atomic E-state index is 1.06. The van der Waals surface area contributed by atoms with Gasteiger partial charge in [-0.1, -0.05) is 115 Å². The summed E-state index contributed by atoms with van der Waals surface area (Å²) in [5.41, 5.74) is 10.6. The van der Waals surface area contributed by atoms with Crippen molar-refractivity contribution in [3.05, 3.63) is 152 Å². The smallest absolute Gasteiger partial charge is 0.0619 e. The summed E-state index contributed by atoms with van der Waals surface area (Å²) in [7, 11) is 0. The molecule has 0 bridgehead atoms. The van der Waals surface area contributed by atoms with E-state index >= 15 is 0 Å². The first-order chi connectivity index (χ1) is 18.9. The van der Waals surface area contributed by atoms with Crippen LogP contribution in [0.1, 0.15) is 0 Å². The van der Waals surface area contributed by atoms with Gasteiger partial charge in [0, 0.05) is 39.0 Å². The van der Waals surface area contributed by atoms with Crippen molar-refractivity contribution in [2.75, 3.05) is 5.32 Å². The molecule has 2 nitrogen and oxygen atoms in total. The molecule has 0 amide bonds. The lowest BCUT2D eigenvalue weighted by atomic mass is 10.0. The molecule has 0 aliphatic carbocycles. The maximum absolute atomic E-state index is 3.64. The molecule has 1 N–H and O–H groups in total. The van der Waals surface area contributed by atoms with Gasteiger partial charge in [0.1, 0.15) is 0 Å². The van der Waals surface area contributed by atoms with Gasteiger partial charge in [0.2, 0.25) is 0 Å². The van der Waals surface area contributed by atoms with E-state index in [0.717, 1.165) is 11.4 Å². The van der Waals surface area contributed by atoms with Crippen molar-refractivity contribution in [2.45, 2.75) is 0 Å². The fourth-order valence-electron chi connectivity index (χ4n) is 5.45. The van der Waals surface area contributed by atoms with Crippen LogP contribution in [0.25, 0.3) is 49.7 Å². The summed E-state index contributed by atoms with van der Waals surface area (Å²) in [6.45, 7) is 0. The highest BCUT2D eigenvalue weighted by atomic mass is 15.0. The Balaban J connectivity index is 1.32. The average molecular weight is 487 g/mol. The number of rotatable bonds is 5. The molecule has 180 valence electrons. The van der Waals surface area contributed by atoms with Gasteiger partial charge in [-0.25, -0.2) is 0 Å². The molecule has 1 heterocycles. The molecule has 0 aliphatic heterocycles. The van der Waals surface area contributed by atoms with Crippen LogP contribution in [0.2, 0.25) is 0 Å². The molecule has 2 heteroatoms. The van der Waals surface area contributed by atoms with Crippen LogP contribution in [0, 0.1) is 0 Å². The Morgan fingerprint density at radius 3 is 1.84 bits per heavy atom. The van der Waals surface area contributed by atoms with Crippen LogP contribution in [0.4, 0.5) is 11.4 Å². The monoisotopic (exact) mass is 486 g/mol. The molecule has 0 unspecified atom stereocenters. The number of anilines is 2. The van der Waals surface area contributed by atoms with E-state index < -0.39 is 0 Å². The maximum atomic E-state index is 3.64. The fraction of sp³-hybridized carbons (Fsp3) is 0. The molecular weight excluding hydrogens is 460 g/mol. The number of aromatic nitrogens is 1. The summed E-state index contributed by atoms with van der Waals surface area (Å²) >= 11 is 0. The Bertz CT molecular complexity index is 1860.